The number of benzene rings is 1. The topological polar surface area (TPSA) is 121 Å². The lowest BCUT2D eigenvalue weighted by Crippen LogP contribution is -2.26. The minimum atomic E-state index is -3.94. The van der Waals surface area contributed by atoms with Gasteiger partial charge in [-0.15, -0.1) is 0 Å². The third kappa shape index (κ3) is 4.20. The first-order valence-corrected chi connectivity index (χ1v) is 11.4. The van der Waals surface area contributed by atoms with E-state index in [1.54, 1.807) is 38.1 Å². The second-order valence-corrected chi connectivity index (χ2v) is 9.36. The molecular formula is C22H22N4O6S. The van der Waals surface area contributed by atoms with Gasteiger partial charge in [-0.2, -0.15) is 14.1 Å². The van der Waals surface area contributed by atoms with Crippen molar-refractivity contribution in [2.24, 2.45) is 0 Å². The lowest BCUT2D eigenvalue weighted by molar-refractivity contribution is 0.388. The highest BCUT2D eigenvalue weighted by molar-refractivity contribution is 7.89. The van der Waals surface area contributed by atoms with Gasteiger partial charge in [-0.3, -0.25) is 4.79 Å². The van der Waals surface area contributed by atoms with Gasteiger partial charge in [0.05, 0.1) is 25.6 Å². The Balaban J connectivity index is 1.79. The number of ether oxygens (including phenoxy) is 1. The molecule has 0 atom stereocenters. The Bertz CT molecular complexity index is 1440. The molecule has 0 bridgehead atoms. The average Bonchev–Trinajstić information content (AvgIpc) is 3.43. The van der Waals surface area contributed by atoms with Gasteiger partial charge in [0.15, 0.2) is 5.76 Å². The second kappa shape index (κ2) is 8.68. The molecule has 3 heterocycles. The number of furan rings is 1. The van der Waals surface area contributed by atoms with Gasteiger partial charge in [-0.25, -0.2) is 8.42 Å². The Morgan fingerprint density at radius 1 is 1.15 bits per heavy atom. The molecule has 10 nitrogen and oxygen atoms in total. The molecule has 0 saturated heterocycles. The van der Waals surface area contributed by atoms with E-state index in [1.807, 2.05) is 0 Å². The molecule has 0 saturated carbocycles. The van der Waals surface area contributed by atoms with Gasteiger partial charge in [0, 0.05) is 18.7 Å². The summed E-state index contributed by atoms with van der Waals surface area (Å²) in [6.45, 7) is 3.44. The van der Waals surface area contributed by atoms with Crippen LogP contribution < -0.4 is 10.3 Å². The molecule has 11 heteroatoms. The van der Waals surface area contributed by atoms with E-state index in [1.165, 1.54) is 47.6 Å². The molecule has 0 radical (unpaired) electrons. The molecule has 0 amide bonds. The molecule has 172 valence electrons. The average molecular weight is 471 g/mol. The minimum Gasteiger partial charge on any atom is -0.495 e. The summed E-state index contributed by atoms with van der Waals surface area (Å²) >= 11 is 0. The molecule has 33 heavy (non-hydrogen) atoms. The Morgan fingerprint density at radius 3 is 2.58 bits per heavy atom. The lowest BCUT2D eigenvalue weighted by Gasteiger charge is -2.18. The number of hydrogen-bond acceptors (Lipinski definition) is 8. The molecule has 1 aromatic carbocycles. The zero-order valence-electron chi connectivity index (χ0n) is 18.5. The first-order valence-electron chi connectivity index (χ1n) is 9.93. The van der Waals surface area contributed by atoms with Crippen LogP contribution in [-0.4, -0.2) is 41.8 Å². The van der Waals surface area contributed by atoms with Crippen LogP contribution in [0.15, 0.2) is 67.4 Å². The molecule has 0 aliphatic heterocycles. The van der Waals surface area contributed by atoms with Crippen LogP contribution in [0.25, 0.3) is 16.9 Å². The zero-order valence-corrected chi connectivity index (χ0v) is 19.3. The van der Waals surface area contributed by atoms with Gasteiger partial charge in [0.2, 0.25) is 10.0 Å². The van der Waals surface area contributed by atoms with Gasteiger partial charge >= 0.3 is 0 Å². The largest absolute Gasteiger partial charge is 0.495 e. The second-order valence-electron chi connectivity index (χ2n) is 7.35. The summed E-state index contributed by atoms with van der Waals surface area (Å²) < 4.78 is 44.8. The summed E-state index contributed by atoms with van der Waals surface area (Å²) in [5, 5.41) is 8.30. The number of hydrogen-bond donors (Lipinski definition) is 0. The number of sulfonamides is 1. The Labute approximate surface area is 190 Å². The minimum absolute atomic E-state index is 0.0338. The molecular weight excluding hydrogens is 448 g/mol. The maximum absolute atomic E-state index is 13.3. The summed E-state index contributed by atoms with van der Waals surface area (Å²) in [6, 6.07) is 11.0. The molecule has 0 spiro atoms. The van der Waals surface area contributed by atoms with Gasteiger partial charge < -0.3 is 13.7 Å². The van der Waals surface area contributed by atoms with E-state index in [2.05, 4.69) is 10.3 Å². The van der Waals surface area contributed by atoms with Crippen molar-refractivity contribution in [1.82, 2.24) is 19.2 Å². The van der Waals surface area contributed by atoms with Gasteiger partial charge in [-0.05, 0) is 50.2 Å². The van der Waals surface area contributed by atoms with Crippen molar-refractivity contribution in [1.29, 1.82) is 0 Å². The normalized spacial score (nSPS) is 11.8. The van der Waals surface area contributed by atoms with Crippen LogP contribution in [0.3, 0.4) is 0 Å². The summed E-state index contributed by atoms with van der Waals surface area (Å²) in [5.74, 6) is 1.13. The maximum Gasteiger partial charge on any atom is 0.271 e. The first-order chi connectivity index (χ1) is 15.7. The van der Waals surface area contributed by atoms with E-state index >= 15 is 0 Å². The van der Waals surface area contributed by atoms with Crippen molar-refractivity contribution in [2.45, 2.75) is 25.3 Å². The van der Waals surface area contributed by atoms with Crippen LogP contribution in [0.2, 0.25) is 0 Å². The summed E-state index contributed by atoms with van der Waals surface area (Å²) in [4.78, 5) is 12.4. The molecule has 4 rings (SSSR count). The predicted octanol–water partition coefficient (Wildman–Crippen LogP) is 2.93. The quantitative estimate of drug-likeness (QED) is 0.404. The third-order valence-corrected chi connectivity index (χ3v) is 6.94. The third-order valence-electron chi connectivity index (χ3n) is 5.11. The van der Waals surface area contributed by atoms with E-state index < -0.39 is 10.0 Å². The smallest absolute Gasteiger partial charge is 0.271 e. The van der Waals surface area contributed by atoms with Crippen molar-refractivity contribution < 1.29 is 22.1 Å². The van der Waals surface area contributed by atoms with Crippen molar-refractivity contribution in [3.05, 3.63) is 76.3 Å². The summed E-state index contributed by atoms with van der Waals surface area (Å²) in [5.41, 5.74) is 1.47. The van der Waals surface area contributed by atoms with Crippen LogP contribution in [0.4, 0.5) is 0 Å². The monoisotopic (exact) mass is 470 g/mol. The zero-order chi connectivity index (χ0) is 23.8. The van der Waals surface area contributed by atoms with E-state index in [0.29, 0.717) is 34.2 Å². The Hall–Kier alpha value is -3.70. The Morgan fingerprint density at radius 2 is 1.94 bits per heavy atom. The SMILES string of the molecule is COc1ccc(-c2ccc(=O)n(-c3c(C)noc3C)n2)cc1S(=O)(=O)N(C)Cc1ccco1. The molecule has 4 aromatic rings. The van der Waals surface area contributed by atoms with Crippen LogP contribution in [0.1, 0.15) is 17.2 Å². The van der Waals surface area contributed by atoms with Crippen molar-refractivity contribution in [3.8, 4) is 22.7 Å². The van der Waals surface area contributed by atoms with E-state index in [-0.39, 0.29) is 22.7 Å². The van der Waals surface area contributed by atoms with Gasteiger partial charge in [0.1, 0.15) is 27.8 Å². The van der Waals surface area contributed by atoms with Gasteiger partial charge in [0.25, 0.3) is 5.56 Å². The number of rotatable bonds is 7. The fourth-order valence-electron chi connectivity index (χ4n) is 3.42. The molecule has 0 unspecified atom stereocenters. The van der Waals surface area contributed by atoms with Crippen LogP contribution in [0, 0.1) is 13.8 Å². The van der Waals surface area contributed by atoms with Crippen molar-refractivity contribution in [3.63, 3.8) is 0 Å². The van der Waals surface area contributed by atoms with E-state index in [0.717, 1.165) is 0 Å². The molecule has 0 fully saturated rings. The van der Waals surface area contributed by atoms with Crippen LogP contribution in [0.5, 0.6) is 5.75 Å². The highest BCUT2D eigenvalue weighted by atomic mass is 32.2. The Kier molecular flexibility index (Phi) is 5.91. The van der Waals surface area contributed by atoms with Crippen molar-refractivity contribution >= 4 is 10.0 Å². The molecule has 0 N–H and O–H groups in total. The fraction of sp³-hybridized carbons (Fsp3) is 0.227. The number of aryl methyl sites for hydroxylation is 2. The molecule has 0 aliphatic rings. The summed E-state index contributed by atoms with van der Waals surface area (Å²) in [6.07, 6.45) is 1.48. The standard InChI is InChI=1S/C22H22N4O6S/c1-14-22(15(2)32-24-14)26-21(27)10-8-18(23-26)16-7-9-19(30-4)20(12-16)33(28,29)25(3)13-17-6-5-11-31-17/h5-12H,13H2,1-4H3. The highest BCUT2D eigenvalue weighted by Gasteiger charge is 2.26. The van der Waals surface area contributed by atoms with Gasteiger partial charge in [-0.1, -0.05) is 5.16 Å². The summed E-state index contributed by atoms with van der Waals surface area (Å²) in [7, 11) is -1.08. The number of aromatic nitrogens is 3. The lowest BCUT2D eigenvalue weighted by atomic mass is 10.1. The van der Waals surface area contributed by atoms with E-state index in [9.17, 15) is 13.2 Å². The van der Waals surface area contributed by atoms with Crippen LogP contribution >= 0.6 is 0 Å². The molecule has 0 aliphatic carbocycles. The van der Waals surface area contributed by atoms with Crippen molar-refractivity contribution in [2.75, 3.05) is 14.2 Å². The number of methoxy groups -OCH3 is 1. The number of nitrogens with zero attached hydrogens (tertiary/aromatic N) is 4. The van der Waals surface area contributed by atoms with Crippen LogP contribution in [-0.2, 0) is 16.6 Å². The first kappa shape index (κ1) is 22.5. The predicted molar refractivity (Wildman–Crippen MR) is 119 cm³/mol. The molecule has 3 aromatic heterocycles. The fourth-order valence-corrected chi connectivity index (χ4v) is 4.73. The maximum atomic E-state index is 13.3. The van der Waals surface area contributed by atoms with E-state index in [4.69, 9.17) is 13.7 Å². The highest BCUT2D eigenvalue weighted by Crippen LogP contribution is 2.31.